The average molecular weight is 588 g/mol. The second kappa shape index (κ2) is 12.8. The van der Waals surface area contributed by atoms with Crippen molar-refractivity contribution in [2.45, 2.75) is 69.1 Å². The number of nitrogens with zero attached hydrogens (tertiary/aromatic N) is 4. The summed E-state index contributed by atoms with van der Waals surface area (Å²) in [5, 5.41) is 3.19. The first-order valence-corrected chi connectivity index (χ1v) is 16.2. The molecule has 41 heavy (non-hydrogen) atoms. The Hall–Kier alpha value is -2.44. The van der Waals surface area contributed by atoms with Gasteiger partial charge in [-0.3, -0.25) is 9.69 Å². The maximum Gasteiger partial charge on any atom is 0.246 e. The van der Waals surface area contributed by atoms with Gasteiger partial charge in [0.1, 0.15) is 12.4 Å². The highest BCUT2D eigenvalue weighted by molar-refractivity contribution is 7.89. The molecule has 2 aromatic rings. The van der Waals surface area contributed by atoms with E-state index in [9.17, 15) is 13.2 Å². The monoisotopic (exact) mass is 587 g/mol. The van der Waals surface area contributed by atoms with E-state index < -0.39 is 16.1 Å². The lowest BCUT2D eigenvalue weighted by atomic mass is 9.89. The Labute approximate surface area is 244 Å². The molecule has 226 valence electrons. The molecule has 1 aromatic heterocycles. The standard InChI is InChI=1S/C30H45N5O5S/c1-22-17-26(39-4)18-23(2)30(22)41(37,38)35-16-15-34-10-6-9-27(34)28(35)20-40-21-29(36)31-24-7-5-8-25(19-24)33-13-11-32(3)12-14-33/h6,9-10,17-18,24-25,28H,5,7-8,11-16,19-21H2,1-4H3,(H,31,36). The molecule has 1 saturated carbocycles. The van der Waals surface area contributed by atoms with Crippen LogP contribution in [0, 0.1) is 13.8 Å². The van der Waals surface area contributed by atoms with Crippen LogP contribution < -0.4 is 10.1 Å². The summed E-state index contributed by atoms with van der Waals surface area (Å²) in [5.74, 6) is 0.488. The van der Waals surface area contributed by atoms with Crippen LogP contribution in [0.1, 0.15) is 48.5 Å². The van der Waals surface area contributed by atoms with Crippen molar-refractivity contribution in [1.82, 2.24) is 24.0 Å². The minimum Gasteiger partial charge on any atom is -0.497 e. The van der Waals surface area contributed by atoms with Gasteiger partial charge in [-0.05, 0) is 82.0 Å². The minimum atomic E-state index is -3.84. The van der Waals surface area contributed by atoms with Gasteiger partial charge in [0.25, 0.3) is 0 Å². The van der Waals surface area contributed by atoms with Gasteiger partial charge in [0.05, 0.1) is 24.7 Å². The molecule has 3 atom stereocenters. The Morgan fingerprint density at radius 3 is 2.49 bits per heavy atom. The van der Waals surface area contributed by atoms with Gasteiger partial charge in [-0.25, -0.2) is 8.42 Å². The van der Waals surface area contributed by atoms with Crippen molar-refractivity contribution in [3.8, 4) is 5.75 Å². The third-order valence-corrected chi connectivity index (χ3v) is 11.1. The molecule has 1 aliphatic carbocycles. The number of rotatable bonds is 9. The second-order valence-electron chi connectivity index (χ2n) is 11.8. The van der Waals surface area contributed by atoms with Crippen molar-refractivity contribution in [2.24, 2.45) is 0 Å². The van der Waals surface area contributed by atoms with E-state index in [1.165, 1.54) is 10.7 Å². The summed E-state index contributed by atoms with van der Waals surface area (Å²) in [4.78, 5) is 18.2. The molecule has 2 fully saturated rings. The summed E-state index contributed by atoms with van der Waals surface area (Å²) in [6.45, 7) is 8.84. The SMILES string of the molecule is COc1cc(C)c(S(=O)(=O)N2CCn3cccc3C2COCC(=O)NC2CCCC(N3CCN(C)CC3)C2)c(C)c1. The Balaban J connectivity index is 1.22. The molecule has 2 aliphatic heterocycles. The van der Waals surface area contributed by atoms with E-state index in [2.05, 4.69) is 26.7 Å². The Kier molecular flexibility index (Phi) is 9.40. The number of fused-ring (bicyclic) bond motifs is 1. The molecule has 3 unspecified atom stereocenters. The lowest BCUT2D eigenvalue weighted by Crippen LogP contribution is -2.52. The van der Waals surface area contributed by atoms with Crippen molar-refractivity contribution >= 4 is 15.9 Å². The molecular formula is C30H45N5O5S. The number of likely N-dealkylation sites (N-methyl/N-ethyl adjacent to an activating group) is 1. The highest BCUT2D eigenvalue weighted by atomic mass is 32.2. The number of nitrogens with one attached hydrogen (secondary N) is 1. The lowest BCUT2D eigenvalue weighted by molar-refractivity contribution is -0.127. The van der Waals surface area contributed by atoms with E-state index in [1.807, 2.05) is 18.3 Å². The maximum absolute atomic E-state index is 14.0. The van der Waals surface area contributed by atoms with Crippen LogP contribution in [0.5, 0.6) is 5.75 Å². The highest BCUT2D eigenvalue weighted by Crippen LogP contribution is 2.35. The zero-order chi connectivity index (χ0) is 29.1. The fraction of sp³-hybridized carbons (Fsp3) is 0.633. The number of methoxy groups -OCH3 is 1. The van der Waals surface area contributed by atoms with Crippen molar-refractivity contribution < 1.29 is 22.7 Å². The molecule has 11 heteroatoms. The number of hydrogen-bond donors (Lipinski definition) is 1. The topological polar surface area (TPSA) is 96.3 Å². The molecule has 10 nitrogen and oxygen atoms in total. The number of ether oxygens (including phenoxy) is 2. The van der Waals surface area contributed by atoms with Crippen LogP contribution in [0.25, 0.3) is 0 Å². The van der Waals surface area contributed by atoms with Crippen LogP contribution in [-0.4, -0.2) is 105 Å². The van der Waals surface area contributed by atoms with E-state index in [4.69, 9.17) is 9.47 Å². The van der Waals surface area contributed by atoms with Gasteiger partial charge in [0, 0.05) is 63.2 Å². The average Bonchev–Trinajstić information content (AvgIpc) is 3.42. The number of hydrogen-bond acceptors (Lipinski definition) is 7. The third-order valence-electron chi connectivity index (χ3n) is 8.93. The maximum atomic E-state index is 14.0. The fourth-order valence-electron chi connectivity index (χ4n) is 6.80. The zero-order valence-electron chi connectivity index (χ0n) is 24.8. The summed E-state index contributed by atoms with van der Waals surface area (Å²) in [6, 6.07) is 7.49. The second-order valence-corrected chi connectivity index (χ2v) is 13.6. The summed E-state index contributed by atoms with van der Waals surface area (Å²) >= 11 is 0. The van der Waals surface area contributed by atoms with Gasteiger partial charge in [0.2, 0.25) is 15.9 Å². The number of sulfonamides is 1. The molecule has 0 spiro atoms. The van der Waals surface area contributed by atoms with Crippen LogP contribution >= 0.6 is 0 Å². The number of aryl methyl sites for hydroxylation is 2. The first kappa shape index (κ1) is 30.0. The Morgan fingerprint density at radius 1 is 1.05 bits per heavy atom. The van der Waals surface area contributed by atoms with E-state index in [0.717, 1.165) is 51.1 Å². The lowest BCUT2D eigenvalue weighted by Gasteiger charge is -2.41. The molecule has 1 aromatic carbocycles. The highest BCUT2D eigenvalue weighted by Gasteiger charge is 2.38. The van der Waals surface area contributed by atoms with Crippen molar-refractivity contribution in [3.63, 3.8) is 0 Å². The van der Waals surface area contributed by atoms with Gasteiger partial charge in [-0.15, -0.1) is 0 Å². The Morgan fingerprint density at radius 2 is 1.78 bits per heavy atom. The van der Waals surface area contributed by atoms with Crippen LogP contribution in [0.15, 0.2) is 35.4 Å². The molecule has 0 radical (unpaired) electrons. The van der Waals surface area contributed by atoms with Crippen LogP contribution in [0.2, 0.25) is 0 Å². The fourth-order valence-corrected chi connectivity index (χ4v) is 8.79. The predicted octanol–water partition coefficient (Wildman–Crippen LogP) is 2.55. The van der Waals surface area contributed by atoms with Gasteiger partial charge in [0.15, 0.2) is 0 Å². The number of carbonyl (C=O) groups excluding carboxylic acids is 1. The number of carbonyl (C=O) groups is 1. The molecule has 3 heterocycles. The van der Waals surface area contributed by atoms with E-state index in [0.29, 0.717) is 40.9 Å². The van der Waals surface area contributed by atoms with Crippen molar-refractivity contribution in [2.75, 3.05) is 60.1 Å². The normalized spacial score (nSPS) is 24.6. The number of benzene rings is 1. The van der Waals surface area contributed by atoms with Crippen LogP contribution in [0.3, 0.4) is 0 Å². The molecule has 3 aliphatic rings. The first-order valence-electron chi connectivity index (χ1n) is 14.8. The summed E-state index contributed by atoms with van der Waals surface area (Å²) in [7, 11) is -0.0931. The molecule has 1 N–H and O–H groups in total. The molecule has 5 rings (SSSR count). The first-order chi connectivity index (χ1) is 19.7. The molecule has 1 saturated heterocycles. The van der Waals surface area contributed by atoms with Crippen molar-refractivity contribution in [3.05, 3.63) is 47.3 Å². The largest absolute Gasteiger partial charge is 0.497 e. The van der Waals surface area contributed by atoms with Gasteiger partial charge in [-0.1, -0.05) is 0 Å². The number of piperazine rings is 1. The van der Waals surface area contributed by atoms with E-state index >= 15 is 0 Å². The predicted molar refractivity (Wildman–Crippen MR) is 158 cm³/mol. The number of aromatic nitrogens is 1. The molecule has 0 bridgehead atoms. The van der Waals surface area contributed by atoms with Crippen LogP contribution in [-0.2, 0) is 26.1 Å². The quantitative estimate of drug-likeness (QED) is 0.482. The summed E-state index contributed by atoms with van der Waals surface area (Å²) < 4.78 is 43.0. The molecule has 1 amide bonds. The summed E-state index contributed by atoms with van der Waals surface area (Å²) in [5.41, 5.74) is 2.15. The van der Waals surface area contributed by atoms with E-state index in [-0.39, 0.29) is 25.2 Å². The van der Waals surface area contributed by atoms with Gasteiger partial charge < -0.3 is 24.3 Å². The minimum absolute atomic E-state index is 0.0959. The van der Waals surface area contributed by atoms with Gasteiger partial charge in [-0.2, -0.15) is 4.31 Å². The van der Waals surface area contributed by atoms with Gasteiger partial charge >= 0.3 is 0 Å². The van der Waals surface area contributed by atoms with Crippen molar-refractivity contribution in [1.29, 1.82) is 0 Å². The zero-order valence-corrected chi connectivity index (χ0v) is 25.7. The van der Waals surface area contributed by atoms with E-state index in [1.54, 1.807) is 33.1 Å². The smallest absolute Gasteiger partial charge is 0.246 e. The molecular weight excluding hydrogens is 542 g/mol. The van der Waals surface area contributed by atoms with Crippen LogP contribution in [0.4, 0.5) is 0 Å². The summed E-state index contributed by atoms with van der Waals surface area (Å²) in [6.07, 6.45) is 6.21. The Bertz CT molecular complexity index is 1300. The third kappa shape index (κ3) is 6.64. The number of amides is 1.